The number of amides is 1. The van der Waals surface area contributed by atoms with Crippen LogP contribution in [0, 0.1) is 20.8 Å². The molecule has 3 rings (SSSR count). The number of hydrogen-bond acceptors (Lipinski definition) is 4. The largest absolute Gasteiger partial charge is 0.308 e. The van der Waals surface area contributed by atoms with Crippen LogP contribution in [0.2, 0.25) is 0 Å². The molecule has 0 unspecified atom stereocenters. The van der Waals surface area contributed by atoms with Crippen molar-refractivity contribution in [3.05, 3.63) is 58.7 Å². The number of aryl methyl sites for hydroxylation is 3. The van der Waals surface area contributed by atoms with Gasteiger partial charge in [-0.2, -0.15) is 0 Å². The Balaban J connectivity index is 0.00000261. The number of para-hydroxylation sites is 1. The number of carbonyl (C=O) groups excluding carboxylic acids is 1. The summed E-state index contributed by atoms with van der Waals surface area (Å²) in [4.78, 5) is 22.0. The fourth-order valence-corrected chi connectivity index (χ4v) is 4.04. The second-order valence-corrected chi connectivity index (χ2v) is 8.01. The lowest BCUT2D eigenvalue weighted by Gasteiger charge is -2.23. The number of benzene rings is 2. The number of halogens is 1. The van der Waals surface area contributed by atoms with Crippen LogP contribution in [0.25, 0.3) is 10.2 Å². The van der Waals surface area contributed by atoms with Gasteiger partial charge in [-0.25, -0.2) is 4.98 Å². The van der Waals surface area contributed by atoms with E-state index in [1.165, 1.54) is 0 Å². The zero-order chi connectivity index (χ0) is 18.8. The van der Waals surface area contributed by atoms with Gasteiger partial charge in [0.2, 0.25) is 0 Å². The molecule has 0 radical (unpaired) electrons. The van der Waals surface area contributed by atoms with Crippen molar-refractivity contribution in [1.82, 2.24) is 9.88 Å². The number of aromatic nitrogens is 1. The molecule has 2 aromatic carbocycles. The molecule has 0 fully saturated rings. The second kappa shape index (κ2) is 8.83. The number of nitrogens with zero attached hydrogens (tertiary/aromatic N) is 3. The van der Waals surface area contributed by atoms with Gasteiger partial charge in [0.15, 0.2) is 5.13 Å². The van der Waals surface area contributed by atoms with Crippen molar-refractivity contribution in [2.45, 2.75) is 20.8 Å². The van der Waals surface area contributed by atoms with Crippen molar-refractivity contribution < 1.29 is 4.79 Å². The third kappa shape index (κ3) is 4.67. The van der Waals surface area contributed by atoms with Gasteiger partial charge in [-0.05, 0) is 58.1 Å². The average Bonchev–Trinajstić information content (AvgIpc) is 3.00. The van der Waals surface area contributed by atoms with E-state index in [2.05, 4.69) is 30.0 Å². The third-order valence-corrected chi connectivity index (χ3v) is 5.51. The molecule has 144 valence electrons. The van der Waals surface area contributed by atoms with Crippen LogP contribution in [-0.2, 0) is 0 Å². The van der Waals surface area contributed by atoms with Gasteiger partial charge in [-0.1, -0.05) is 41.2 Å². The maximum atomic E-state index is 13.3. The van der Waals surface area contributed by atoms with E-state index in [1.54, 1.807) is 11.3 Å². The van der Waals surface area contributed by atoms with E-state index in [1.807, 2.05) is 51.0 Å². The Kier molecular flexibility index (Phi) is 6.98. The Bertz CT molecular complexity index is 952. The summed E-state index contributed by atoms with van der Waals surface area (Å²) < 4.78 is 1.11. The van der Waals surface area contributed by atoms with E-state index >= 15 is 0 Å². The molecule has 0 saturated heterocycles. The standard InChI is InChI=1S/C21H25N3OS.ClH/c1-14-9-10-17(16(3)13-14)20(25)24(12-11-23(4)5)21-22-19-15(2)7-6-8-18(19)26-21;/h6-10,13H,11-12H2,1-5H3;1H. The van der Waals surface area contributed by atoms with Gasteiger partial charge in [0.1, 0.15) is 0 Å². The topological polar surface area (TPSA) is 36.4 Å². The van der Waals surface area contributed by atoms with Gasteiger partial charge >= 0.3 is 0 Å². The first-order valence-electron chi connectivity index (χ1n) is 8.77. The quantitative estimate of drug-likeness (QED) is 0.610. The first-order valence-corrected chi connectivity index (χ1v) is 9.58. The predicted octanol–water partition coefficient (Wildman–Crippen LogP) is 4.85. The van der Waals surface area contributed by atoms with Crippen LogP contribution < -0.4 is 4.90 Å². The van der Waals surface area contributed by atoms with Crippen molar-refractivity contribution >= 4 is 45.0 Å². The molecule has 0 N–H and O–H groups in total. The molecular weight excluding hydrogens is 378 g/mol. The maximum absolute atomic E-state index is 13.3. The summed E-state index contributed by atoms with van der Waals surface area (Å²) in [6, 6.07) is 12.1. The van der Waals surface area contributed by atoms with Crippen LogP contribution in [0.15, 0.2) is 36.4 Å². The molecule has 0 saturated carbocycles. The summed E-state index contributed by atoms with van der Waals surface area (Å²) in [5.74, 6) is 0.0149. The molecule has 0 aliphatic heterocycles. The summed E-state index contributed by atoms with van der Waals surface area (Å²) >= 11 is 1.58. The first kappa shape index (κ1) is 21.4. The molecule has 0 spiro atoms. The maximum Gasteiger partial charge on any atom is 0.260 e. The van der Waals surface area contributed by atoms with Crippen molar-refractivity contribution in [2.75, 3.05) is 32.1 Å². The van der Waals surface area contributed by atoms with Crippen LogP contribution in [0.1, 0.15) is 27.0 Å². The number of fused-ring (bicyclic) bond motifs is 1. The Hall–Kier alpha value is -1.95. The molecule has 0 atom stereocenters. The van der Waals surface area contributed by atoms with Crippen LogP contribution in [-0.4, -0.2) is 43.0 Å². The zero-order valence-corrected chi connectivity index (χ0v) is 18.1. The fourth-order valence-electron chi connectivity index (χ4n) is 2.97. The van der Waals surface area contributed by atoms with E-state index in [-0.39, 0.29) is 18.3 Å². The number of hydrogen-bond donors (Lipinski definition) is 0. The number of likely N-dealkylation sites (N-methyl/N-ethyl adjacent to an activating group) is 1. The molecule has 6 heteroatoms. The highest BCUT2D eigenvalue weighted by Gasteiger charge is 2.23. The van der Waals surface area contributed by atoms with Gasteiger partial charge in [0, 0.05) is 18.7 Å². The molecule has 1 heterocycles. The number of rotatable bonds is 5. The number of anilines is 1. The molecule has 27 heavy (non-hydrogen) atoms. The molecule has 3 aromatic rings. The SMILES string of the molecule is Cc1ccc(C(=O)N(CCN(C)C)c2nc3c(C)cccc3s2)c(C)c1.Cl. The fraction of sp³-hybridized carbons (Fsp3) is 0.333. The molecular formula is C21H26ClN3OS. The zero-order valence-electron chi connectivity index (χ0n) is 16.4. The van der Waals surface area contributed by atoms with Crippen LogP contribution in [0.5, 0.6) is 0 Å². The van der Waals surface area contributed by atoms with E-state index in [9.17, 15) is 4.79 Å². The molecule has 0 aliphatic carbocycles. The highest BCUT2D eigenvalue weighted by molar-refractivity contribution is 7.22. The minimum atomic E-state index is 0. The summed E-state index contributed by atoms with van der Waals surface area (Å²) in [7, 11) is 4.03. The third-order valence-electron chi connectivity index (χ3n) is 4.47. The van der Waals surface area contributed by atoms with Crippen LogP contribution in [0.3, 0.4) is 0 Å². The van der Waals surface area contributed by atoms with Crippen molar-refractivity contribution in [2.24, 2.45) is 0 Å². The first-order chi connectivity index (χ1) is 12.4. The van der Waals surface area contributed by atoms with E-state index < -0.39 is 0 Å². The van der Waals surface area contributed by atoms with Crippen molar-refractivity contribution in [1.29, 1.82) is 0 Å². The summed E-state index contributed by atoms with van der Waals surface area (Å²) in [5, 5.41) is 0.765. The van der Waals surface area contributed by atoms with Crippen LogP contribution in [0.4, 0.5) is 5.13 Å². The normalized spacial score (nSPS) is 10.9. The monoisotopic (exact) mass is 403 g/mol. The highest BCUT2D eigenvalue weighted by Crippen LogP contribution is 2.31. The summed E-state index contributed by atoms with van der Waals surface area (Å²) in [5.41, 5.74) is 5.02. The Morgan fingerprint density at radius 1 is 1.04 bits per heavy atom. The lowest BCUT2D eigenvalue weighted by atomic mass is 10.0. The molecule has 4 nitrogen and oxygen atoms in total. The average molecular weight is 404 g/mol. The van der Waals surface area contributed by atoms with Gasteiger partial charge in [-0.15, -0.1) is 12.4 Å². The minimum absolute atomic E-state index is 0. The summed E-state index contributed by atoms with van der Waals surface area (Å²) in [6.45, 7) is 7.49. The van der Waals surface area contributed by atoms with E-state index in [4.69, 9.17) is 4.98 Å². The van der Waals surface area contributed by atoms with Gasteiger partial charge < -0.3 is 4.90 Å². The molecule has 0 aliphatic rings. The number of carbonyl (C=O) groups is 1. The van der Waals surface area contributed by atoms with Crippen LogP contribution >= 0.6 is 23.7 Å². The lowest BCUT2D eigenvalue weighted by molar-refractivity contribution is 0.0984. The molecule has 1 amide bonds. The van der Waals surface area contributed by atoms with Gasteiger partial charge in [0.25, 0.3) is 5.91 Å². The minimum Gasteiger partial charge on any atom is -0.308 e. The smallest absolute Gasteiger partial charge is 0.260 e. The summed E-state index contributed by atoms with van der Waals surface area (Å²) in [6.07, 6.45) is 0. The molecule has 1 aromatic heterocycles. The Morgan fingerprint density at radius 3 is 2.41 bits per heavy atom. The second-order valence-electron chi connectivity index (χ2n) is 7.00. The van der Waals surface area contributed by atoms with E-state index in [0.717, 1.165) is 44.1 Å². The highest BCUT2D eigenvalue weighted by atomic mass is 35.5. The van der Waals surface area contributed by atoms with E-state index in [0.29, 0.717) is 6.54 Å². The van der Waals surface area contributed by atoms with Crippen molar-refractivity contribution in [3.63, 3.8) is 0 Å². The van der Waals surface area contributed by atoms with Crippen molar-refractivity contribution in [3.8, 4) is 0 Å². The lowest BCUT2D eigenvalue weighted by Crippen LogP contribution is -2.37. The number of thiazole rings is 1. The van der Waals surface area contributed by atoms with Gasteiger partial charge in [-0.3, -0.25) is 9.69 Å². The molecule has 0 bridgehead atoms. The van der Waals surface area contributed by atoms with Gasteiger partial charge in [0.05, 0.1) is 10.2 Å². The Labute approximate surface area is 171 Å². The Morgan fingerprint density at radius 2 is 1.78 bits per heavy atom. The predicted molar refractivity (Wildman–Crippen MR) is 118 cm³/mol.